The molecule has 1 aliphatic carbocycles. The van der Waals surface area contributed by atoms with Gasteiger partial charge in [-0.3, -0.25) is 15.0 Å². The fourth-order valence-corrected chi connectivity index (χ4v) is 4.63. The highest BCUT2D eigenvalue weighted by Gasteiger charge is 2.20. The number of fused-ring (bicyclic) bond motifs is 1. The van der Waals surface area contributed by atoms with Gasteiger partial charge < -0.3 is 0 Å². The van der Waals surface area contributed by atoms with Gasteiger partial charge in [0.15, 0.2) is 5.16 Å². The van der Waals surface area contributed by atoms with Gasteiger partial charge in [-0.1, -0.05) is 48.9 Å². The Morgan fingerprint density at radius 1 is 1.17 bits per heavy atom. The number of para-hydroxylation sites is 1. The molecule has 0 unspecified atom stereocenters. The molecule has 0 saturated heterocycles. The van der Waals surface area contributed by atoms with Crippen LogP contribution in [0.4, 0.5) is 4.39 Å². The highest BCUT2D eigenvalue weighted by molar-refractivity contribution is 7.98. The summed E-state index contributed by atoms with van der Waals surface area (Å²) in [6.45, 7) is 0. The van der Waals surface area contributed by atoms with Crippen LogP contribution in [0.15, 0.2) is 58.5 Å². The first-order valence-corrected chi connectivity index (χ1v) is 10.8. The second-order valence-corrected chi connectivity index (χ2v) is 8.30. The molecule has 29 heavy (non-hydrogen) atoms. The number of hydrogen-bond acceptors (Lipinski definition) is 4. The minimum absolute atomic E-state index is 0.177. The van der Waals surface area contributed by atoms with E-state index in [4.69, 9.17) is 0 Å². The van der Waals surface area contributed by atoms with E-state index in [2.05, 4.69) is 10.4 Å². The van der Waals surface area contributed by atoms with Gasteiger partial charge in [0, 0.05) is 12.2 Å². The molecule has 1 fully saturated rings. The van der Waals surface area contributed by atoms with E-state index in [1.165, 1.54) is 28.6 Å². The highest BCUT2D eigenvalue weighted by atomic mass is 32.2. The molecule has 7 heteroatoms. The van der Waals surface area contributed by atoms with Crippen molar-refractivity contribution in [2.45, 2.75) is 43.0 Å². The van der Waals surface area contributed by atoms with Crippen molar-refractivity contribution in [3.8, 4) is 0 Å². The molecule has 1 amide bonds. The van der Waals surface area contributed by atoms with Crippen LogP contribution in [0.2, 0.25) is 0 Å². The molecule has 0 radical (unpaired) electrons. The van der Waals surface area contributed by atoms with E-state index in [0.717, 1.165) is 31.2 Å². The van der Waals surface area contributed by atoms with Gasteiger partial charge in [0.25, 0.3) is 5.56 Å². The lowest BCUT2D eigenvalue weighted by Crippen LogP contribution is -2.35. The Morgan fingerprint density at radius 2 is 1.97 bits per heavy atom. The van der Waals surface area contributed by atoms with Crippen LogP contribution in [0.1, 0.15) is 37.7 Å². The molecule has 5 nitrogen and oxygen atoms in total. The molecule has 1 N–H and O–H groups in total. The topological polar surface area (TPSA) is 64.0 Å². The van der Waals surface area contributed by atoms with Crippen LogP contribution in [0.3, 0.4) is 0 Å². The van der Waals surface area contributed by atoms with E-state index in [9.17, 15) is 14.0 Å². The van der Waals surface area contributed by atoms with E-state index in [1.807, 2.05) is 12.1 Å². The van der Waals surface area contributed by atoms with E-state index in [1.54, 1.807) is 24.3 Å². The van der Waals surface area contributed by atoms with Crippen molar-refractivity contribution < 1.29 is 9.18 Å². The first kappa shape index (κ1) is 19.6. The van der Waals surface area contributed by atoms with Crippen molar-refractivity contribution in [3.63, 3.8) is 0 Å². The molecule has 3 aromatic rings. The average molecular weight is 412 g/mol. The minimum atomic E-state index is -0.308. The number of carbonyl (C=O) groups excluding carboxylic acids is 1. The zero-order chi connectivity index (χ0) is 20.2. The van der Waals surface area contributed by atoms with Crippen molar-refractivity contribution in [1.29, 1.82) is 0 Å². The molecule has 1 aromatic heterocycles. The monoisotopic (exact) mass is 411 g/mol. The molecule has 2 aromatic carbocycles. The number of nitrogens with one attached hydrogen (secondary N) is 1. The number of thioether (sulfide) groups is 1. The van der Waals surface area contributed by atoms with Crippen molar-refractivity contribution >= 4 is 28.6 Å². The number of nitrogens with zero attached hydrogens (tertiary/aromatic N) is 2. The SMILES string of the molecule is O=C(CC1CCCC1)Nn1c(SCc2cccc(F)c2)nc2ccccc2c1=O. The summed E-state index contributed by atoms with van der Waals surface area (Å²) in [5, 5.41) is 0.835. The Balaban J connectivity index is 1.62. The normalized spacial score (nSPS) is 14.4. The Bertz CT molecular complexity index is 1090. The Labute approximate surface area is 172 Å². The van der Waals surface area contributed by atoms with Crippen molar-refractivity contribution in [3.05, 3.63) is 70.3 Å². The van der Waals surface area contributed by atoms with Crippen molar-refractivity contribution in [2.75, 3.05) is 5.43 Å². The van der Waals surface area contributed by atoms with E-state index >= 15 is 0 Å². The molecule has 4 rings (SSSR count). The molecule has 1 heterocycles. The third kappa shape index (κ3) is 4.67. The zero-order valence-corrected chi connectivity index (χ0v) is 16.8. The van der Waals surface area contributed by atoms with Gasteiger partial charge >= 0.3 is 0 Å². The fraction of sp³-hybridized carbons (Fsp3) is 0.318. The fourth-order valence-electron chi connectivity index (χ4n) is 3.73. The molecular weight excluding hydrogens is 389 g/mol. The lowest BCUT2D eigenvalue weighted by atomic mass is 10.0. The van der Waals surface area contributed by atoms with Crippen LogP contribution < -0.4 is 11.0 Å². The minimum Gasteiger partial charge on any atom is -0.273 e. The third-order valence-electron chi connectivity index (χ3n) is 5.19. The summed E-state index contributed by atoms with van der Waals surface area (Å²) in [6, 6.07) is 13.4. The summed E-state index contributed by atoms with van der Waals surface area (Å²) in [5.41, 5.74) is 3.79. The van der Waals surface area contributed by atoms with Crippen molar-refractivity contribution in [2.24, 2.45) is 5.92 Å². The van der Waals surface area contributed by atoms with Crippen LogP contribution in [0.25, 0.3) is 10.9 Å². The third-order valence-corrected chi connectivity index (χ3v) is 6.20. The maximum absolute atomic E-state index is 13.5. The van der Waals surface area contributed by atoms with Crippen LogP contribution in [-0.4, -0.2) is 15.6 Å². The van der Waals surface area contributed by atoms with E-state index in [-0.39, 0.29) is 17.3 Å². The van der Waals surface area contributed by atoms with E-state index < -0.39 is 0 Å². The Kier molecular flexibility index (Phi) is 5.94. The number of aromatic nitrogens is 2. The second kappa shape index (κ2) is 8.78. The zero-order valence-electron chi connectivity index (χ0n) is 15.9. The molecule has 1 saturated carbocycles. The summed E-state index contributed by atoms with van der Waals surface area (Å²) in [7, 11) is 0. The number of rotatable bonds is 6. The van der Waals surface area contributed by atoms with Gasteiger partial charge in [0.05, 0.1) is 10.9 Å². The predicted octanol–water partition coefficient (Wildman–Crippen LogP) is 4.48. The number of hydrogen-bond donors (Lipinski definition) is 1. The molecule has 1 aliphatic rings. The van der Waals surface area contributed by atoms with E-state index in [0.29, 0.717) is 34.2 Å². The maximum Gasteiger partial charge on any atom is 0.281 e. The lowest BCUT2D eigenvalue weighted by Gasteiger charge is -2.15. The van der Waals surface area contributed by atoms with Gasteiger partial charge in [-0.2, -0.15) is 4.68 Å². The van der Waals surface area contributed by atoms with Gasteiger partial charge in [0.1, 0.15) is 5.82 Å². The molecule has 0 bridgehead atoms. The van der Waals surface area contributed by atoms with Gasteiger partial charge in [0.2, 0.25) is 5.91 Å². The molecule has 0 atom stereocenters. The second-order valence-electron chi connectivity index (χ2n) is 7.36. The van der Waals surface area contributed by atoms with Crippen molar-refractivity contribution in [1.82, 2.24) is 9.66 Å². The summed E-state index contributed by atoms with van der Waals surface area (Å²) >= 11 is 1.29. The Morgan fingerprint density at radius 3 is 2.76 bits per heavy atom. The molecular formula is C22H22FN3O2S. The smallest absolute Gasteiger partial charge is 0.273 e. The predicted molar refractivity (Wildman–Crippen MR) is 113 cm³/mol. The van der Waals surface area contributed by atoms with Crippen LogP contribution in [-0.2, 0) is 10.5 Å². The van der Waals surface area contributed by atoms with Crippen LogP contribution in [0.5, 0.6) is 0 Å². The first-order valence-electron chi connectivity index (χ1n) is 9.79. The van der Waals surface area contributed by atoms with Gasteiger partial charge in [-0.05, 0) is 48.6 Å². The van der Waals surface area contributed by atoms with Crippen LogP contribution >= 0.6 is 11.8 Å². The van der Waals surface area contributed by atoms with Crippen LogP contribution in [0, 0.1) is 11.7 Å². The molecule has 0 spiro atoms. The lowest BCUT2D eigenvalue weighted by molar-refractivity contribution is -0.118. The number of carbonyl (C=O) groups is 1. The average Bonchev–Trinajstić information content (AvgIpc) is 3.22. The number of amides is 1. The quantitative estimate of drug-likeness (QED) is 0.480. The summed E-state index contributed by atoms with van der Waals surface area (Å²) in [4.78, 5) is 30.2. The largest absolute Gasteiger partial charge is 0.281 e. The van der Waals surface area contributed by atoms with Gasteiger partial charge in [-0.25, -0.2) is 9.37 Å². The van der Waals surface area contributed by atoms with Gasteiger partial charge in [-0.15, -0.1) is 0 Å². The standard InChI is InChI=1S/C22H22FN3O2S/c23-17-9-5-8-16(12-17)14-29-22-24-19-11-4-3-10-18(19)21(28)26(22)25-20(27)13-15-6-1-2-7-15/h3-5,8-12,15H,1-2,6-7,13-14H2,(H,25,27). The summed E-state index contributed by atoms with van der Waals surface area (Å²) < 4.78 is 14.7. The summed E-state index contributed by atoms with van der Waals surface area (Å²) in [6.07, 6.45) is 4.83. The first-order chi connectivity index (χ1) is 14.1. The number of benzene rings is 2. The molecule has 150 valence electrons. The molecule has 0 aliphatic heterocycles. The number of halogens is 1. The Hall–Kier alpha value is -2.67. The highest BCUT2D eigenvalue weighted by Crippen LogP contribution is 2.27. The maximum atomic E-state index is 13.5. The summed E-state index contributed by atoms with van der Waals surface area (Å²) in [5.74, 6) is 0.323.